The van der Waals surface area contributed by atoms with E-state index in [1.807, 2.05) is 43.5 Å². The van der Waals surface area contributed by atoms with Gasteiger partial charge in [-0.2, -0.15) is 9.78 Å². The van der Waals surface area contributed by atoms with E-state index >= 15 is 0 Å². The number of nitrogens with zero attached hydrogens (tertiary/aromatic N) is 3. The van der Waals surface area contributed by atoms with E-state index in [9.17, 15) is 9.18 Å². The van der Waals surface area contributed by atoms with Gasteiger partial charge in [0.05, 0.1) is 16.8 Å². The van der Waals surface area contributed by atoms with Crippen molar-refractivity contribution in [3.8, 4) is 5.13 Å². The zero-order valence-corrected chi connectivity index (χ0v) is 16.9. The highest BCUT2D eigenvalue weighted by atomic mass is 32.2. The van der Waals surface area contributed by atoms with Gasteiger partial charge in [0.1, 0.15) is 17.2 Å². The number of hydrogen-bond acceptors (Lipinski definition) is 5. The third kappa shape index (κ3) is 3.79. The van der Waals surface area contributed by atoms with Crippen molar-refractivity contribution in [3.05, 3.63) is 65.6 Å². The number of halogens is 1. The number of thioether (sulfide) groups is 1. The van der Waals surface area contributed by atoms with E-state index in [0.29, 0.717) is 16.5 Å². The van der Waals surface area contributed by atoms with E-state index in [0.717, 1.165) is 20.9 Å². The van der Waals surface area contributed by atoms with Crippen molar-refractivity contribution in [2.24, 2.45) is 0 Å². The zero-order valence-electron chi connectivity index (χ0n) is 15.3. The van der Waals surface area contributed by atoms with E-state index < -0.39 is 0 Å². The number of aryl methyl sites for hydroxylation is 1. The molecule has 0 aliphatic carbocycles. The summed E-state index contributed by atoms with van der Waals surface area (Å²) in [6.07, 6.45) is 2.27. The first-order chi connectivity index (χ1) is 13.5. The van der Waals surface area contributed by atoms with Gasteiger partial charge in [-0.1, -0.05) is 29.5 Å². The molecule has 5 nitrogen and oxygen atoms in total. The van der Waals surface area contributed by atoms with Crippen LogP contribution in [0.4, 0.5) is 10.2 Å². The van der Waals surface area contributed by atoms with Crippen LogP contribution in [0, 0.1) is 12.7 Å². The van der Waals surface area contributed by atoms with Crippen LogP contribution in [0.2, 0.25) is 0 Å². The highest BCUT2D eigenvalue weighted by molar-refractivity contribution is 7.98. The fraction of sp³-hybridized carbons (Fsp3) is 0.150. The highest BCUT2D eigenvalue weighted by Crippen LogP contribution is 2.28. The standard InChI is InChI=1S/C20H17FN4OS2/c1-12-10-17(22-18(26)11-13-6-8-14(27-2)9-7-13)25(24-12)20-23-19-15(21)4-3-5-16(19)28-20/h3-10H,11H2,1-2H3,(H,22,26). The normalized spacial score (nSPS) is 11.1. The SMILES string of the molecule is CSc1ccc(CC(=O)Nc2cc(C)nn2-c2nc3c(F)cccc3s2)cc1. The molecular formula is C20H17FN4OS2. The van der Waals surface area contributed by atoms with Gasteiger partial charge in [0, 0.05) is 11.0 Å². The Balaban J connectivity index is 1.58. The molecular weight excluding hydrogens is 395 g/mol. The fourth-order valence-corrected chi connectivity index (χ4v) is 4.20. The van der Waals surface area contributed by atoms with Crippen LogP contribution in [0.5, 0.6) is 0 Å². The highest BCUT2D eigenvalue weighted by Gasteiger charge is 2.16. The maximum Gasteiger partial charge on any atom is 0.229 e. The van der Waals surface area contributed by atoms with Gasteiger partial charge in [-0.05, 0) is 43.0 Å². The lowest BCUT2D eigenvalue weighted by atomic mass is 10.1. The minimum absolute atomic E-state index is 0.148. The molecule has 0 fully saturated rings. The van der Waals surface area contributed by atoms with Crippen molar-refractivity contribution in [1.29, 1.82) is 0 Å². The van der Waals surface area contributed by atoms with Crippen LogP contribution in [0.1, 0.15) is 11.3 Å². The molecule has 1 amide bonds. The smallest absolute Gasteiger partial charge is 0.229 e. The molecule has 28 heavy (non-hydrogen) atoms. The molecule has 0 radical (unpaired) electrons. The first-order valence-electron chi connectivity index (χ1n) is 8.58. The summed E-state index contributed by atoms with van der Waals surface area (Å²) in [4.78, 5) is 18.0. The summed E-state index contributed by atoms with van der Waals surface area (Å²) in [5, 5.41) is 7.82. The number of amides is 1. The van der Waals surface area contributed by atoms with Crippen LogP contribution in [0.15, 0.2) is 53.4 Å². The van der Waals surface area contributed by atoms with Crippen LogP contribution in [0.25, 0.3) is 15.3 Å². The van der Waals surface area contributed by atoms with E-state index in [2.05, 4.69) is 15.4 Å². The Bertz CT molecular complexity index is 1150. The summed E-state index contributed by atoms with van der Waals surface area (Å²) in [5.41, 5.74) is 1.97. The maximum absolute atomic E-state index is 14.0. The number of carbonyl (C=O) groups is 1. The summed E-state index contributed by atoms with van der Waals surface area (Å²) in [7, 11) is 0. The molecule has 0 saturated carbocycles. The Labute approximate surface area is 169 Å². The number of rotatable bonds is 5. The van der Waals surface area contributed by atoms with Gasteiger partial charge < -0.3 is 5.32 Å². The average Bonchev–Trinajstić information content (AvgIpc) is 3.26. The Morgan fingerprint density at radius 1 is 1.25 bits per heavy atom. The van der Waals surface area contributed by atoms with Crippen LogP contribution >= 0.6 is 23.1 Å². The van der Waals surface area contributed by atoms with E-state index in [-0.39, 0.29) is 18.1 Å². The lowest BCUT2D eigenvalue weighted by Crippen LogP contribution is -2.17. The van der Waals surface area contributed by atoms with Crippen molar-refractivity contribution < 1.29 is 9.18 Å². The Morgan fingerprint density at radius 2 is 2.04 bits per heavy atom. The molecule has 8 heteroatoms. The zero-order chi connectivity index (χ0) is 19.7. The van der Waals surface area contributed by atoms with Gasteiger partial charge in [-0.25, -0.2) is 9.37 Å². The topological polar surface area (TPSA) is 59.8 Å². The molecule has 4 aromatic rings. The second-order valence-corrected chi connectivity index (χ2v) is 8.13. The molecule has 0 aliphatic rings. The lowest BCUT2D eigenvalue weighted by molar-refractivity contribution is -0.115. The van der Waals surface area contributed by atoms with Crippen LogP contribution in [-0.2, 0) is 11.2 Å². The molecule has 0 atom stereocenters. The molecule has 2 aromatic carbocycles. The minimum atomic E-state index is -0.372. The number of hydrogen-bond donors (Lipinski definition) is 1. The molecule has 4 rings (SSSR count). The predicted octanol–water partition coefficient (Wildman–Crippen LogP) is 4.83. The monoisotopic (exact) mass is 412 g/mol. The largest absolute Gasteiger partial charge is 0.310 e. The van der Waals surface area contributed by atoms with Crippen molar-refractivity contribution in [2.75, 3.05) is 11.6 Å². The first kappa shape index (κ1) is 18.6. The van der Waals surface area contributed by atoms with Crippen molar-refractivity contribution in [3.63, 3.8) is 0 Å². The van der Waals surface area contributed by atoms with Gasteiger partial charge in [0.15, 0.2) is 0 Å². The quantitative estimate of drug-likeness (QED) is 0.477. The van der Waals surface area contributed by atoms with Crippen LogP contribution < -0.4 is 5.32 Å². The fourth-order valence-electron chi connectivity index (χ4n) is 2.84. The Hall–Kier alpha value is -2.71. The van der Waals surface area contributed by atoms with Crippen molar-refractivity contribution in [1.82, 2.24) is 14.8 Å². The Morgan fingerprint density at radius 3 is 2.75 bits per heavy atom. The minimum Gasteiger partial charge on any atom is -0.310 e. The van der Waals surface area contributed by atoms with Gasteiger partial charge in [0.2, 0.25) is 11.0 Å². The number of carbonyl (C=O) groups excluding carboxylic acids is 1. The molecule has 0 aliphatic heterocycles. The number of benzene rings is 2. The second-order valence-electron chi connectivity index (χ2n) is 6.24. The number of thiazole rings is 1. The lowest BCUT2D eigenvalue weighted by Gasteiger charge is -2.07. The number of fused-ring (bicyclic) bond motifs is 1. The summed E-state index contributed by atoms with van der Waals surface area (Å²) >= 11 is 2.98. The molecule has 1 N–H and O–H groups in total. The van der Waals surface area contributed by atoms with Gasteiger partial charge in [-0.15, -0.1) is 11.8 Å². The van der Waals surface area contributed by atoms with Crippen molar-refractivity contribution in [2.45, 2.75) is 18.2 Å². The van der Waals surface area contributed by atoms with E-state index in [4.69, 9.17) is 0 Å². The average molecular weight is 413 g/mol. The molecule has 2 heterocycles. The van der Waals surface area contributed by atoms with Crippen molar-refractivity contribution >= 4 is 45.0 Å². The van der Waals surface area contributed by atoms with Crippen LogP contribution in [-0.4, -0.2) is 26.9 Å². The molecule has 0 spiro atoms. The van der Waals surface area contributed by atoms with E-state index in [1.165, 1.54) is 17.4 Å². The summed E-state index contributed by atoms with van der Waals surface area (Å²) in [6, 6.07) is 14.5. The third-order valence-corrected chi connectivity index (χ3v) is 5.90. The van der Waals surface area contributed by atoms with E-state index in [1.54, 1.807) is 28.6 Å². The molecule has 2 aromatic heterocycles. The summed E-state index contributed by atoms with van der Waals surface area (Å²) in [6.45, 7) is 1.83. The summed E-state index contributed by atoms with van der Waals surface area (Å²) < 4.78 is 16.3. The molecule has 0 unspecified atom stereocenters. The second kappa shape index (κ2) is 7.73. The van der Waals surface area contributed by atoms with Gasteiger partial charge >= 0.3 is 0 Å². The molecule has 0 saturated heterocycles. The Kier molecular flexibility index (Phi) is 5.15. The van der Waals surface area contributed by atoms with Crippen LogP contribution in [0.3, 0.4) is 0 Å². The molecule has 0 bridgehead atoms. The number of aromatic nitrogens is 3. The predicted molar refractivity (Wildman–Crippen MR) is 112 cm³/mol. The number of para-hydroxylation sites is 1. The molecule has 142 valence electrons. The van der Waals surface area contributed by atoms with Gasteiger partial charge in [0.25, 0.3) is 0 Å². The summed E-state index contributed by atoms with van der Waals surface area (Å²) in [5.74, 6) is -0.00352. The first-order valence-corrected chi connectivity index (χ1v) is 10.6. The number of anilines is 1. The number of nitrogens with one attached hydrogen (secondary N) is 1. The third-order valence-electron chi connectivity index (χ3n) is 4.16. The maximum atomic E-state index is 14.0. The van der Waals surface area contributed by atoms with Gasteiger partial charge in [-0.3, -0.25) is 4.79 Å².